The standard InChI is InChI=1S/C48H95NO5.C22H43BrO2/c1-5-9-13-17-19-27-37-45(35-25-15-11-7-3)47(51)53-43-33-23-21-29-39-49(41-31-32-42-50)40-30-22-24-34-44-54-48(52)46(36-26-16-12-8-4)38-28-20-18-14-10-6-2;1-3-5-7-9-10-14-18-21(17-13-8-6-4-2)22(24)25-20-16-12-11-15-19-23/h45-46,50H,5-44H2,1-4H3;21H,3-20H2,1-2H3. The molecule has 0 aromatic heterocycles. The zero-order valence-electron chi connectivity index (χ0n) is 54.0. The molecule has 0 fully saturated rings. The third kappa shape index (κ3) is 58.4. The second-order valence-electron chi connectivity index (χ2n) is 24.0. The van der Waals surface area contributed by atoms with Gasteiger partial charge < -0.3 is 24.2 Å². The van der Waals surface area contributed by atoms with Crippen molar-refractivity contribution in [3.63, 3.8) is 0 Å². The lowest BCUT2D eigenvalue weighted by atomic mass is 9.94. The largest absolute Gasteiger partial charge is 0.465 e. The molecular formula is C70H138BrNO7. The second kappa shape index (κ2) is 67.6. The molecular weight excluding hydrogens is 1050 g/mol. The molecule has 0 heterocycles. The SMILES string of the molecule is CCCCCCCCC(CCCCCC)C(=O)OCCCCCCBr.CCCCCCCCC(CCCCCC)C(=O)OCCCCCCN(CCCCO)CCCCCCOC(=O)C(CCCCCC)CCCCCCCC. The van der Waals surface area contributed by atoms with Gasteiger partial charge in [0.25, 0.3) is 0 Å². The maximum atomic E-state index is 13.0. The molecule has 0 aromatic rings. The molecule has 0 aliphatic heterocycles. The van der Waals surface area contributed by atoms with E-state index in [-0.39, 0.29) is 42.3 Å². The summed E-state index contributed by atoms with van der Waals surface area (Å²) in [7, 11) is 0. The van der Waals surface area contributed by atoms with Crippen LogP contribution in [-0.2, 0) is 28.6 Å². The molecule has 0 bridgehead atoms. The first-order valence-electron chi connectivity index (χ1n) is 35.2. The summed E-state index contributed by atoms with van der Waals surface area (Å²) >= 11 is 3.45. The Morgan fingerprint density at radius 3 is 0.785 bits per heavy atom. The van der Waals surface area contributed by atoms with E-state index in [9.17, 15) is 19.5 Å². The Kier molecular flexibility index (Phi) is 68.3. The fourth-order valence-corrected chi connectivity index (χ4v) is 11.3. The third-order valence-electron chi connectivity index (χ3n) is 16.3. The summed E-state index contributed by atoms with van der Waals surface area (Å²) in [5, 5.41) is 10.4. The fraction of sp³-hybridized carbons (Fsp3) is 0.957. The second-order valence-corrected chi connectivity index (χ2v) is 24.8. The minimum Gasteiger partial charge on any atom is -0.465 e. The minimum absolute atomic E-state index is 0.0544. The lowest BCUT2D eigenvalue weighted by Crippen LogP contribution is -2.27. The quantitative estimate of drug-likeness (QED) is 0.0278. The van der Waals surface area contributed by atoms with E-state index < -0.39 is 0 Å². The van der Waals surface area contributed by atoms with Gasteiger partial charge in [-0.15, -0.1) is 0 Å². The van der Waals surface area contributed by atoms with E-state index >= 15 is 0 Å². The van der Waals surface area contributed by atoms with Crippen LogP contribution in [0.2, 0.25) is 0 Å². The van der Waals surface area contributed by atoms with E-state index in [1.54, 1.807) is 0 Å². The number of halogens is 1. The normalized spacial score (nSPS) is 12.6. The molecule has 0 aliphatic rings. The zero-order valence-corrected chi connectivity index (χ0v) is 55.6. The van der Waals surface area contributed by atoms with E-state index in [1.165, 1.54) is 193 Å². The van der Waals surface area contributed by atoms with Crippen molar-refractivity contribution in [1.29, 1.82) is 0 Å². The van der Waals surface area contributed by atoms with Crippen LogP contribution >= 0.6 is 15.9 Å². The van der Waals surface area contributed by atoms with Gasteiger partial charge in [-0.2, -0.15) is 0 Å². The van der Waals surface area contributed by atoms with Crippen LogP contribution in [0, 0.1) is 17.8 Å². The molecule has 79 heavy (non-hydrogen) atoms. The number of aliphatic hydroxyl groups is 1. The van der Waals surface area contributed by atoms with Gasteiger partial charge in [0.1, 0.15) is 0 Å². The number of carbonyl (C=O) groups is 3. The number of carbonyl (C=O) groups excluding carboxylic acids is 3. The summed E-state index contributed by atoms with van der Waals surface area (Å²) in [5.74, 6) is 0.508. The summed E-state index contributed by atoms with van der Waals surface area (Å²) in [6.45, 7) is 18.7. The van der Waals surface area contributed by atoms with Crippen LogP contribution in [0.3, 0.4) is 0 Å². The summed E-state index contributed by atoms with van der Waals surface area (Å²) in [6, 6.07) is 0. The van der Waals surface area contributed by atoms with Crippen LogP contribution in [0.5, 0.6) is 0 Å². The molecule has 0 saturated heterocycles. The number of hydrogen-bond donors (Lipinski definition) is 1. The predicted octanol–water partition coefficient (Wildman–Crippen LogP) is 21.8. The van der Waals surface area contributed by atoms with Crippen molar-refractivity contribution in [2.24, 2.45) is 17.8 Å². The van der Waals surface area contributed by atoms with Crippen LogP contribution in [0.15, 0.2) is 0 Å². The third-order valence-corrected chi connectivity index (χ3v) is 16.9. The average Bonchev–Trinajstić information content (AvgIpc) is 3.45. The lowest BCUT2D eigenvalue weighted by Gasteiger charge is -2.22. The molecule has 472 valence electrons. The summed E-state index contributed by atoms with van der Waals surface area (Å²) in [6.07, 6.45) is 59.0. The first-order chi connectivity index (χ1) is 38.8. The molecule has 0 rings (SSSR count). The maximum Gasteiger partial charge on any atom is 0.308 e. The predicted molar refractivity (Wildman–Crippen MR) is 346 cm³/mol. The number of nitrogens with zero attached hydrogens (tertiary/aromatic N) is 1. The van der Waals surface area contributed by atoms with Crippen molar-refractivity contribution in [1.82, 2.24) is 4.90 Å². The van der Waals surface area contributed by atoms with Gasteiger partial charge in [0.2, 0.25) is 0 Å². The first kappa shape index (κ1) is 79.9. The number of alkyl halides is 1. The highest BCUT2D eigenvalue weighted by Gasteiger charge is 2.22. The van der Waals surface area contributed by atoms with E-state index in [4.69, 9.17) is 14.2 Å². The molecule has 1 N–H and O–H groups in total. The Labute approximate surface area is 501 Å². The van der Waals surface area contributed by atoms with Gasteiger partial charge in [-0.05, 0) is 110 Å². The number of aliphatic hydroxyl groups excluding tert-OH is 1. The van der Waals surface area contributed by atoms with Crippen LogP contribution < -0.4 is 0 Å². The Morgan fingerprint density at radius 2 is 0.519 bits per heavy atom. The van der Waals surface area contributed by atoms with Crippen molar-refractivity contribution < 1.29 is 33.7 Å². The van der Waals surface area contributed by atoms with Crippen LogP contribution in [0.1, 0.15) is 363 Å². The smallest absolute Gasteiger partial charge is 0.308 e. The van der Waals surface area contributed by atoms with Gasteiger partial charge >= 0.3 is 17.9 Å². The van der Waals surface area contributed by atoms with Gasteiger partial charge in [0, 0.05) is 11.9 Å². The summed E-state index contributed by atoms with van der Waals surface area (Å²) in [4.78, 5) is 40.9. The number of hydrogen-bond acceptors (Lipinski definition) is 8. The highest BCUT2D eigenvalue weighted by Crippen LogP contribution is 2.24. The van der Waals surface area contributed by atoms with Gasteiger partial charge in [-0.25, -0.2) is 0 Å². The van der Waals surface area contributed by atoms with E-state index in [1.807, 2.05) is 0 Å². The molecule has 0 saturated carbocycles. The molecule has 0 aliphatic carbocycles. The van der Waals surface area contributed by atoms with Crippen molar-refractivity contribution >= 4 is 33.8 Å². The van der Waals surface area contributed by atoms with Crippen molar-refractivity contribution in [3.8, 4) is 0 Å². The van der Waals surface area contributed by atoms with Crippen LogP contribution in [-0.4, -0.2) is 79.3 Å². The maximum absolute atomic E-state index is 13.0. The monoisotopic (exact) mass is 1180 g/mol. The fourth-order valence-electron chi connectivity index (χ4n) is 10.9. The summed E-state index contributed by atoms with van der Waals surface area (Å²) in [5.41, 5.74) is 0. The molecule has 0 radical (unpaired) electrons. The van der Waals surface area contributed by atoms with Crippen molar-refractivity contribution in [2.45, 2.75) is 363 Å². The lowest BCUT2D eigenvalue weighted by molar-refractivity contribution is -0.150. The highest BCUT2D eigenvalue weighted by molar-refractivity contribution is 9.09. The van der Waals surface area contributed by atoms with Crippen LogP contribution in [0.4, 0.5) is 0 Å². The molecule has 9 heteroatoms. The topological polar surface area (TPSA) is 102 Å². The van der Waals surface area contributed by atoms with E-state index in [2.05, 4.69) is 62.4 Å². The van der Waals surface area contributed by atoms with Gasteiger partial charge in [-0.1, -0.05) is 289 Å². The van der Waals surface area contributed by atoms with E-state index in [0.29, 0.717) is 19.8 Å². The van der Waals surface area contributed by atoms with Gasteiger partial charge in [-0.3, -0.25) is 14.4 Å². The molecule has 0 aromatic carbocycles. The molecule has 0 amide bonds. The first-order valence-corrected chi connectivity index (χ1v) is 36.3. The molecule has 3 atom stereocenters. The van der Waals surface area contributed by atoms with Crippen molar-refractivity contribution in [2.75, 3.05) is 51.4 Å². The Bertz CT molecular complexity index is 1160. The number of esters is 3. The Hall–Kier alpha value is -1.19. The Morgan fingerprint density at radius 1 is 0.304 bits per heavy atom. The highest BCUT2D eigenvalue weighted by atomic mass is 79.9. The number of ether oxygens (including phenoxy) is 3. The van der Waals surface area contributed by atoms with Crippen molar-refractivity contribution in [3.05, 3.63) is 0 Å². The minimum atomic E-state index is 0.0544. The molecule has 8 nitrogen and oxygen atoms in total. The molecule has 3 unspecified atom stereocenters. The van der Waals surface area contributed by atoms with Crippen LogP contribution in [0.25, 0.3) is 0 Å². The zero-order chi connectivity index (χ0) is 58.2. The Balaban J connectivity index is 0. The summed E-state index contributed by atoms with van der Waals surface area (Å²) < 4.78 is 17.2. The molecule has 0 spiro atoms. The number of rotatable bonds is 63. The van der Waals surface area contributed by atoms with Gasteiger partial charge in [0.05, 0.1) is 37.6 Å². The van der Waals surface area contributed by atoms with E-state index in [0.717, 1.165) is 153 Å². The van der Waals surface area contributed by atoms with Gasteiger partial charge in [0.15, 0.2) is 0 Å². The number of unbranched alkanes of at least 4 members (excludes halogenated alkanes) is 34. The average molecular weight is 1190 g/mol.